The summed E-state index contributed by atoms with van der Waals surface area (Å²) in [6, 6.07) is 0. The van der Waals surface area contributed by atoms with Gasteiger partial charge in [0.15, 0.2) is 0 Å². The molecule has 0 fully saturated rings. The Morgan fingerprint density at radius 2 is 1.20 bits per heavy atom. The lowest BCUT2D eigenvalue weighted by Crippen LogP contribution is -2.54. The fourth-order valence-electron chi connectivity index (χ4n) is 1.09. The molecule has 6 N–H and O–H groups in total. The molecule has 0 radical (unpaired) electrons. The van der Waals surface area contributed by atoms with Crippen LogP contribution >= 0.6 is 0 Å². The predicted octanol–water partition coefficient (Wildman–Crippen LogP) is -2.42. The molecule has 0 saturated heterocycles. The lowest BCUT2D eigenvalue weighted by atomic mass is 9.91. The first kappa shape index (κ1) is 14.8. The van der Waals surface area contributed by atoms with Gasteiger partial charge >= 0.3 is 0 Å². The molecule has 0 spiro atoms. The minimum atomic E-state index is -1.74. The highest BCUT2D eigenvalue weighted by Crippen LogP contribution is 2.17. The number of aliphatic hydroxyl groups is 6. The minimum absolute atomic E-state index is 1.23. The number of rotatable bonds is 5. The lowest BCUT2D eigenvalue weighted by Gasteiger charge is -2.33. The van der Waals surface area contributed by atoms with Gasteiger partial charge in [0.2, 0.25) is 0 Å². The fourth-order valence-corrected chi connectivity index (χ4v) is 1.09. The van der Waals surface area contributed by atoms with Crippen LogP contribution in [0.1, 0.15) is 20.8 Å². The second-order valence-electron chi connectivity index (χ2n) is 4.31. The summed E-state index contributed by atoms with van der Waals surface area (Å²) in [7, 11) is 0. The van der Waals surface area contributed by atoms with Crippen molar-refractivity contribution >= 4 is 0 Å². The minimum Gasteiger partial charge on any atom is -0.391 e. The molecular formula is C9H20O6. The van der Waals surface area contributed by atoms with Crippen molar-refractivity contribution in [3.05, 3.63) is 0 Å². The van der Waals surface area contributed by atoms with Gasteiger partial charge in [-0.15, -0.1) is 0 Å². The maximum absolute atomic E-state index is 9.41. The van der Waals surface area contributed by atoms with Gasteiger partial charge in [-0.1, -0.05) is 0 Å². The molecule has 6 heteroatoms. The highest BCUT2D eigenvalue weighted by molar-refractivity contribution is 4.90. The largest absolute Gasteiger partial charge is 0.391 e. The van der Waals surface area contributed by atoms with Crippen LogP contribution in [0.15, 0.2) is 0 Å². The highest BCUT2D eigenvalue weighted by atomic mass is 16.4. The van der Waals surface area contributed by atoms with Gasteiger partial charge in [-0.2, -0.15) is 0 Å². The maximum atomic E-state index is 9.41. The summed E-state index contributed by atoms with van der Waals surface area (Å²) in [5.41, 5.74) is -1.61. The number of aliphatic hydroxyl groups excluding tert-OH is 5. The van der Waals surface area contributed by atoms with Gasteiger partial charge in [-0.05, 0) is 20.8 Å². The van der Waals surface area contributed by atoms with E-state index >= 15 is 0 Å². The van der Waals surface area contributed by atoms with Gasteiger partial charge in [0.1, 0.15) is 24.4 Å². The molecule has 0 saturated carbocycles. The zero-order valence-electron chi connectivity index (χ0n) is 9.07. The Balaban J connectivity index is 4.51. The van der Waals surface area contributed by atoms with E-state index in [1.54, 1.807) is 0 Å². The van der Waals surface area contributed by atoms with Crippen molar-refractivity contribution in [3.8, 4) is 0 Å². The van der Waals surface area contributed by atoms with E-state index in [4.69, 9.17) is 5.11 Å². The molecule has 0 bridgehead atoms. The van der Waals surface area contributed by atoms with Crippen LogP contribution in [0.2, 0.25) is 0 Å². The van der Waals surface area contributed by atoms with Crippen molar-refractivity contribution < 1.29 is 30.6 Å². The average molecular weight is 224 g/mol. The zero-order chi connectivity index (χ0) is 12.4. The van der Waals surface area contributed by atoms with E-state index in [2.05, 4.69) is 0 Å². The van der Waals surface area contributed by atoms with Gasteiger partial charge < -0.3 is 30.6 Å². The summed E-state index contributed by atoms with van der Waals surface area (Å²) >= 11 is 0. The summed E-state index contributed by atoms with van der Waals surface area (Å²) in [6.45, 7) is 3.74. The van der Waals surface area contributed by atoms with Crippen LogP contribution in [0, 0.1) is 0 Å². The van der Waals surface area contributed by atoms with E-state index < -0.39 is 36.1 Å². The van der Waals surface area contributed by atoms with Gasteiger partial charge in [-0.3, -0.25) is 0 Å². The molecule has 0 aliphatic carbocycles. The first-order valence-corrected chi connectivity index (χ1v) is 4.71. The SMILES string of the molecule is CC(O)[C@@H](O)[C@@H](O)[C@@H](O)[C@H](O)C(C)(C)O. The molecule has 0 rings (SSSR count). The summed E-state index contributed by atoms with van der Waals surface area (Å²) in [5.74, 6) is 0. The summed E-state index contributed by atoms with van der Waals surface area (Å²) in [4.78, 5) is 0. The molecule has 0 aliphatic rings. The molecule has 5 atom stereocenters. The van der Waals surface area contributed by atoms with Crippen molar-refractivity contribution in [1.29, 1.82) is 0 Å². The number of hydrogen-bond acceptors (Lipinski definition) is 6. The van der Waals surface area contributed by atoms with Gasteiger partial charge in [0, 0.05) is 0 Å². The van der Waals surface area contributed by atoms with Crippen molar-refractivity contribution in [2.45, 2.75) is 56.9 Å². The Kier molecular flexibility index (Phi) is 5.12. The second-order valence-corrected chi connectivity index (χ2v) is 4.31. The van der Waals surface area contributed by atoms with E-state index in [1.165, 1.54) is 20.8 Å². The van der Waals surface area contributed by atoms with Gasteiger partial charge in [0.05, 0.1) is 11.7 Å². The van der Waals surface area contributed by atoms with E-state index in [-0.39, 0.29) is 0 Å². The Morgan fingerprint density at radius 3 is 1.47 bits per heavy atom. The van der Waals surface area contributed by atoms with Crippen molar-refractivity contribution in [2.75, 3.05) is 0 Å². The summed E-state index contributed by atoms with van der Waals surface area (Å²) in [6.07, 6.45) is -7.93. The van der Waals surface area contributed by atoms with E-state index in [9.17, 15) is 25.5 Å². The quantitative estimate of drug-likeness (QED) is 0.309. The summed E-state index contributed by atoms with van der Waals surface area (Å²) in [5, 5.41) is 55.7. The molecular weight excluding hydrogens is 204 g/mol. The Hall–Kier alpha value is -0.240. The fraction of sp³-hybridized carbons (Fsp3) is 1.00. The maximum Gasteiger partial charge on any atom is 0.111 e. The van der Waals surface area contributed by atoms with Crippen LogP contribution in [0.4, 0.5) is 0 Å². The third-order valence-corrected chi connectivity index (χ3v) is 2.24. The van der Waals surface area contributed by atoms with Crippen LogP contribution in [0.5, 0.6) is 0 Å². The molecule has 1 unspecified atom stereocenters. The Bertz CT molecular complexity index is 188. The topological polar surface area (TPSA) is 121 Å². The van der Waals surface area contributed by atoms with E-state index in [0.29, 0.717) is 0 Å². The van der Waals surface area contributed by atoms with Crippen molar-refractivity contribution in [2.24, 2.45) is 0 Å². The zero-order valence-corrected chi connectivity index (χ0v) is 9.07. The van der Waals surface area contributed by atoms with Crippen LogP contribution in [-0.2, 0) is 0 Å². The number of hydrogen-bond donors (Lipinski definition) is 6. The van der Waals surface area contributed by atoms with Gasteiger partial charge in [0.25, 0.3) is 0 Å². The van der Waals surface area contributed by atoms with Crippen LogP contribution < -0.4 is 0 Å². The van der Waals surface area contributed by atoms with Crippen LogP contribution in [0.3, 0.4) is 0 Å². The molecule has 15 heavy (non-hydrogen) atoms. The van der Waals surface area contributed by atoms with Crippen LogP contribution in [-0.4, -0.2) is 66.8 Å². The molecule has 0 aromatic heterocycles. The summed E-state index contributed by atoms with van der Waals surface area (Å²) < 4.78 is 0. The third-order valence-electron chi connectivity index (χ3n) is 2.24. The van der Waals surface area contributed by atoms with Crippen LogP contribution in [0.25, 0.3) is 0 Å². The molecule has 0 aromatic carbocycles. The first-order valence-electron chi connectivity index (χ1n) is 4.71. The Labute approximate surface area is 88.4 Å². The average Bonchev–Trinajstić information content (AvgIpc) is 2.11. The Morgan fingerprint density at radius 1 is 0.800 bits per heavy atom. The lowest BCUT2D eigenvalue weighted by molar-refractivity contribution is -0.169. The van der Waals surface area contributed by atoms with Crippen molar-refractivity contribution in [1.82, 2.24) is 0 Å². The van der Waals surface area contributed by atoms with Gasteiger partial charge in [-0.25, -0.2) is 0 Å². The molecule has 0 aromatic rings. The molecule has 0 amide bonds. The predicted molar refractivity (Wildman–Crippen MR) is 52.0 cm³/mol. The normalized spacial score (nSPS) is 23.0. The third kappa shape index (κ3) is 4.02. The van der Waals surface area contributed by atoms with Crippen molar-refractivity contribution in [3.63, 3.8) is 0 Å². The second kappa shape index (κ2) is 5.20. The first-order chi connectivity index (χ1) is 6.59. The molecule has 92 valence electrons. The molecule has 0 heterocycles. The van der Waals surface area contributed by atoms with E-state index in [0.717, 1.165) is 0 Å². The standard InChI is InChI=1S/C9H20O6/c1-4(10)5(11)6(12)7(13)8(14)9(2,3)15/h4-8,10-15H,1-3H3/t4?,5-,6-,7-,8+/m1/s1. The monoisotopic (exact) mass is 224 g/mol. The van der Waals surface area contributed by atoms with E-state index in [1.807, 2.05) is 0 Å². The highest BCUT2D eigenvalue weighted by Gasteiger charge is 2.39. The molecule has 6 nitrogen and oxygen atoms in total. The molecule has 0 aliphatic heterocycles. The smallest absolute Gasteiger partial charge is 0.111 e.